The number of rotatable bonds is 5. The fraction of sp³-hybridized carbons (Fsp3) is 0. The molecule has 0 spiro atoms. The highest BCUT2D eigenvalue weighted by Gasteiger charge is 2.19. The van der Waals surface area contributed by atoms with Crippen LogP contribution in [-0.2, 0) is 0 Å². The van der Waals surface area contributed by atoms with Crippen molar-refractivity contribution in [3.8, 4) is 22.6 Å². The summed E-state index contributed by atoms with van der Waals surface area (Å²) in [5, 5.41) is 11.9. The maximum atomic E-state index is 6.58. The van der Waals surface area contributed by atoms with Crippen molar-refractivity contribution in [3.05, 3.63) is 194 Å². The molecule has 11 aromatic rings. The molecule has 0 aliphatic heterocycles. The molecule has 0 saturated carbocycles. The summed E-state index contributed by atoms with van der Waals surface area (Å²) < 4.78 is 6.58. The maximum Gasteiger partial charge on any atom is 0.227 e. The van der Waals surface area contributed by atoms with Crippen molar-refractivity contribution in [2.75, 3.05) is 4.90 Å². The van der Waals surface area contributed by atoms with Gasteiger partial charge in [0.1, 0.15) is 5.52 Å². The van der Waals surface area contributed by atoms with Crippen LogP contribution in [0.3, 0.4) is 0 Å². The minimum absolute atomic E-state index is 0.636. The van der Waals surface area contributed by atoms with E-state index < -0.39 is 0 Å². The van der Waals surface area contributed by atoms with Crippen LogP contribution < -0.4 is 4.90 Å². The van der Waals surface area contributed by atoms with Crippen molar-refractivity contribution >= 4 is 82.0 Å². The molecular weight excluding hydrogens is 657 g/mol. The summed E-state index contributed by atoms with van der Waals surface area (Å²) in [6.07, 6.45) is 0. The van der Waals surface area contributed by atoms with Gasteiger partial charge in [0.15, 0.2) is 5.58 Å². The minimum atomic E-state index is 0.636. The molecule has 3 nitrogen and oxygen atoms in total. The molecule has 0 saturated heterocycles. The normalized spacial score (nSPS) is 11.7. The predicted molar refractivity (Wildman–Crippen MR) is 227 cm³/mol. The molecule has 0 radical (unpaired) electrons. The van der Waals surface area contributed by atoms with Crippen molar-refractivity contribution < 1.29 is 4.42 Å². The maximum absolute atomic E-state index is 6.58. The van der Waals surface area contributed by atoms with Crippen LogP contribution in [0.25, 0.3) is 87.5 Å². The highest BCUT2D eigenvalue weighted by Crippen LogP contribution is 2.44. The number of fused-ring (bicyclic) bond motifs is 10. The smallest absolute Gasteiger partial charge is 0.227 e. The summed E-state index contributed by atoms with van der Waals surface area (Å²) in [6.45, 7) is 0. The lowest BCUT2D eigenvalue weighted by atomic mass is 9.92. The fourth-order valence-electron chi connectivity index (χ4n) is 8.35. The van der Waals surface area contributed by atoms with Crippen molar-refractivity contribution in [1.82, 2.24) is 4.98 Å². The van der Waals surface area contributed by atoms with Crippen molar-refractivity contribution in [2.45, 2.75) is 0 Å². The van der Waals surface area contributed by atoms with Gasteiger partial charge in [0.05, 0.1) is 5.69 Å². The summed E-state index contributed by atoms with van der Waals surface area (Å²) >= 11 is 0. The van der Waals surface area contributed by atoms with E-state index in [1.165, 1.54) is 48.7 Å². The van der Waals surface area contributed by atoms with Gasteiger partial charge >= 0.3 is 0 Å². The van der Waals surface area contributed by atoms with Gasteiger partial charge in [-0.2, -0.15) is 0 Å². The number of nitrogens with zero attached hydrogens (tertiary/aromatic N) is 2. The lowest BCUT2D eigenvalue weighted by Gasteiger charge is -2.27. The molecular formula is C51H32N2O. The van der Waals surface area contributed by atoms with Gasteiger partial charge in [-0.05, 0) is 97.4 Å². The van der Waals surface area contributed by atoms with Crippen LogP contribution in [0, 0.1) is 0 Å². The molecule has 1 aromatic heterocycles. The second-order valence-electron chi connectivity index (χ2n) is 13.9. The lowest BCUT2D eigenvalue weighted by Crippen LogP contribution is -2.10. The van der Waals surface area contributed by atoms with E-state index in [0.29, 0.717) is 5.89 Å². The Morgan fingerprint density at radius 3 is 1.83 bits per heavy atom. The summed E-state index contributed by atoms with van der Waals surface area (Å²) in [7, 11) is 0. The number of anilines is 3. The molecule has 252 valence electrons. The Kier molecular flexibility index (Phi) is 6.86. The van der Waals surface area contributed by atoms with Crippen LogP contribution >= 0.6 is 0 Å². The molecule has 0 aliphatic rings. The molecule has 0 aliphatic carbocycles. The molecule has 0 amide bonds. The summed E-state index contributed by atoms with van der Waals surface area (Å²) in [4.78, 5) is 7.29. The molecule has 1 heterocycles. The van der Waals surface area contributed by atoms with Gasteiger partial charge in [0.25, 0.3) is 0 Å². The number of hydrogen-bond acceptors (Lipinski definition) is 3. The zero-order valence-electron chi connectivity index (χ0n) is 29.3. The van der Waals surface area contributed by atoms with E-state index in [9.17, 15) is 0 Å². The first kappa shape index (κ1) is 30.4. The van der Waals surface area contributed by atoms with E-state index in [4.69, 9.17) is 9.40 Å². The quantitative estimate of drug-likeness (QED) is 0.169. The largest absolute Gasteiger partial charge is 0.435 e. The Morgan fingerprint density at radius 2 is 1.02 bits per heavy atom. The molecule has 54 heavy (non-hydrogen) atoms. The van der Waals surface area contributed by atoms with Crippen LogP contribution in [0.5, 0.6) is 0 Å². The molecule has 0 N–H and O–H groups in total. The molecule has 10 aromatic carbocycles. The van der Waals surface area contributed by atoms with Crippen molar-refractivity contribution in [2.24, 2.45) is 0 Å². The molecule has 11 rings (SSSR count). The zero-order chi connectivity index (χ0) is 35.6. The topological polar surface area (TPSA) is 29.3 Å². The standard InChI is InChI=1S/C51H32N2O/c1-3-12-36(13-4-1)51-52-46-31-27-35-23-22-34-26-30-43-40(20-11-21-45(43)48(34)49(35)50(46)54-51)33-24-28-39(29-25-33)53(38-15-5-2-6-16-38)47-32-37-14-7-8-17-41(37)42-18-9-10-19-44(42)47/h1-32H. The van der Waals surface area contributed by atoms with Crippen LogP contribution in [0.2, 0.25) is 0 Å². The van der Waals surface area contributed by atoms with Gasteiger partial charge in [-0.25, -0.2) is 4.98 Å². The summed E-state index contributed by atoms with van der Waals surface area (Å²) in [5.74, 6) is 0.636. The van der Waals surface area contributed by atoms with Gasteiger partial charge in [-0.1, -0.05) is 146 Å². The lowest BCUT2D eigenvalue weighted by molar-refractivity contribution is 0.623. The van der Waals surface area contributed by atoms with Gasteiger partial charge in [0.2, 0.25) is 5.89 Å². The van der Waals surface area contributed by atoms with Gasteiger partial charge < -0.3 is 9.32 Å². The second kappa shape index (κ2) is 12.2. The third kappa shape index (κ3) is 4.79. The first-order valence-electron chi connectivity index (χ1n) is 18.4. The van der Waals surface area contributed by atoms with E-state index in [-0.39, 0.29) is 0 Å². The van der Waals surface area contributed by atoms with Crippen LogP contribution in [0.4, 0.5) is 17.1 Å². The number of aromatic nitrogens is 1. The van der Waals surface area contributed by atoms with Crippen molar-refractivity contribution in [3.63, 3.8) is 0 Å². The summed E-state index contributed by atoms with van der Waals surface area (Å²) in [6, 6.07) is 69.4. The first-order valence-corrected chi connectivity index (χ1v) is 18.4. The van der Waals surface area contributed by atoms with E-state index in [2.05, 4.69) is 169 Å². The predicted octanol–water partition coefficient (Wildman–Crippen LogP) is 14.4. The van der Waals surface area contributed by atoms with E-state index in [0.717, 1.165) is 50.1 Å². The highest BCUT2D eigenvalue weighted by molar-refractivity contribution is 6.27. The number of oxazole rings is 1. The van der Waals surface area contributed by atoms with Gasteiger partial charge in [-0.15, -0.1) is 0 Å². The van der Waals surface area contributed by atoms with E-state index in [1.54, 1.807) is 0 Å². The Labute approximate surface area is 312 Å². The van der Waals surface area contributed by atoms with Gasteiger partial charge in [-0.3, -0.25) is 0 Å². The van der Waals surface area contributed by atoms with Crippen LogP contribution in [0.15, 0.2) is 199 Å². The van der Waals surface area contributed by atoms with E-state index in [1.807, 2.05) is 30.3 Å². The van der Waals surface area contributed by atoms with Crippen molar-refractivity contribution in [1.29, 1.82) is 0 Å². The Hall–Kier alpha value is -7.23. The average Bonchev–Trinajstić information content (AvgIpc) is 3.69. The minimum Gasteiger partial charge on any atom is -0.435 e. The molecule has 0 bridgehead atoms. The molecule has 3 heteroatoms. The Morgan fingerprint density at radius 1 is 0.389 bits per heavy atom. The molecule has 0 fully saturated rings. The van der Waals surface area contributed by atoms with Crippen LogP contribution in [-0.4, -0.2) is 4.98 Å². The zero-order valence-corrected chi connectivity index (χ0v) is 29.3. The SMILES string of the molecule is c1ccc(-c2nc3ccc4ccc5ccc6c(-c7ccc(N(c8ccccc8)c8cc9ccccc9c9ccccc89)cc7)cccc6c5c4c3o2)cc1. The number of hydrogen-bond donors (Lipinski definition) is 0. The van der Waals surface area contributed by atoms with E-state index >= 15 is 0 Å². The third-order valence-corrected chi connectivity index (χ3v) is 10.8. The highest BCUT2D eigenvalue weighted by atomic mass is 16.3. The second-order valence-corrected chi connectivity index (χ2v) is 13.9. The third-order valence-electron chi connectivity index (χ3n) is 10.8. The number of benzene rings is 10. The van der Waals surface area contributed by atoms with Gasteiger partial charge in [0, 0.05) is 33.1 Å². The molecule has 0 atom stereocenters. The number of para-hydroxylation sites is 1. The fourth-order valence-corrected chi connectivity index (χ4v) is 8.35. The average molecular weight is 689 g/mol. The Balaban J connectivity index is 1.08. The van der Waals surface area contributed by atoms with Crippen LogP contribution in [0.1, 0.15) is 0 Å². The Bertz CT molecular complexity index is 3200. The molecule has 0 unspecified atom stereocenters. The monoisotopic (exact) mass is 688 g/mol. The summed E-state index contributed by atoms with van der Waals surface area (Å²) in [5.41, 5.74) is 8.37. The first-order chi connectivity index (χ1) is 26.8.